The SMILES string of the molecule is [N-]=[N+]=Nc1ccc2[nH]c(C(=O)N3C[C@H]4C[C@@]45C3=CC(=O)c3ccccc35)cc2c1. The van der Waals surface area contributed by atoms with Gasteiger partial charge >= 0.3 is 0 Å². The maximum Gasteiger partial charge on any atom is 0.274 e. The molecule has 2 fully saturated rings. The number of azide groups is 1. The van der Waals surface area contributed by atoms with Gasteiger partial charge in [-0.15, -0.1) is 0 Å². The minimum Gasteiger partial charge on any atom is -0.351 e. The zero-order valence-corrected chi connectivity index (χ0v) is 15.3. The fourth-order valence-corrected chi connectivity index (χ4v) is 5.07. The van der Waals surface area contributed by atoms with E-state index >= 15 is 0 Å². The Morgan fingerprint density at radius 2 is 2.10 bits per heavy atom. The van der Waals surface area contributed by atoms with Gasteiger partial charge in [-0.3, -0.25) is 9.59 Å². The number of fused-ring (bicyclic) bond motifs is 2. The summed E-state index contributed by atoms with van der Waals surface area (Å²) in [7, 11) is 0. The van der Waals surface area contributed by atoms with Gasteiger partial charge in [-0.25, -0.2) is 0 Å². The first-order valence-corrected chi connectivity index (χ1v) is 9.47. The highest BCUT2D eigenvalue weighted by atomic mass is 16.2. The Bertz CT molecular complexity index is 1330. The Balaban J connectivity index is 1.40. The third kappa shape index (κ3) is 2.05. The Hall–Kier alpha value is -3.83. The summed E-state index contributed by atoms with van der Waals surface area (Å²) >= 11 is 0. The number of rotatable bonds is 2. The molecule has 2 heterocycles. The number of aromatic amines is 1. The molecule has 2 aliphatic carbocycles. The lowest BCUT2D eigenvalue weighted by Crippen LogP contribution is -2.33. The monoisotopic (exact) mass is 381 g/mol. The first kappa shape index (κ1) is 16.2. The quantitative estimate of drug-likeness (QED) is 0.398. The molecule has 0 radical (unpaired) electrons. The van der Waals surface area contributed by atoms with Crippen LogP contribution >= 0.6 is 0 Å². The molecule has 1 amide bonds. The number of benzene rings is 2. The molecule has 0 unspecified atom stereocenters. The molecular formula is C22H15N5O2. The predicted octanol–water partition coefficient (Wildman–Crippen LogP) is 4.60. The van der Waals surface area contributed by atoms with Crippen LogP contribution in [0.1, 0.15) is 32.8 Å². The lowest BCUT2D eigenvalue weighted by atomic mass is 9.81. The van der Waals surface area contributed by atoms with E-state index in [-0.39, 0.29) is 17.1 Å². The second kappa shape index (κ2) is 5.37. The molecule has 1 N–H and O–H groups in total. The van der Waals surface area contributed by atoms with Crippen LogP contribution in [0.15, 0.2) is 65.4 Å². The summed E-state index contributed by atoms with van der Waals surface area (Å²) in [6.45, 7) is 0.617. The Morgan fingerprint density at radius 3 is 2.97 bits per heavy atom. The third-order valence-corrected chi connectivity index (χ3v) is 6.44. The van der Waals surface area contributed by atoms with E-state index in [9.17, 15) is 9.59 Å². The zero-order chi connectivity index (χ0) is 19.8. The van der Waals surface area contributed by atoms with Crippen molar-refractivity contribution in [1.82, 2.24) is 9.88 Å². The molecule has 1 aliphatic heterocycles. The van der Waals surface area contributed by atoms with Gasteiger partial charge in [0, 0.05) is 50.8 Å². The molecule has 7 nitrogen and oxygen atoms in total. The fraction of sp³-hybridized carbons (Fsp3) is 0.182. The molecule has 140 valence electrons. The van der Waals surface area contributed by atoms with Gasteiger partial charge in [-0.2, -0.15) is 0 Å². The van der Waals surface area contributed by atoms with Crippen molar-refractivity contribution in [3.05, 3.63) is 87.6 Å². The van der Waals surface area contributed by atoms with E-state index in [0.29, 0.717) is 23.8 Å². The largest absolute Gasteiger partial charge is 0.351 e. The van der Waals surface area contributed by atoms with Crippen molar-refractivity contribution in [2.24, 2.45) is 11.0 Å². The second-order valence-corrected chi connectivity index (χ2v) is 7.87. The average Bonchev–Trinajstić information content (AvgIpc) is 3.12. The first-order valence-electron chi connectivity index (χ1n) is 9.47. The van der Waals surface area contributed by atoms with E-state index in [1.54, 1.807) is 35.2 Å². The normalized spacial score (nSPS) is 23.7. The highest BCUT2D eigenvalue weighted by Crippen LogP contribution is 2.66. The van der Waals surface area contributed by atoms with Gasteiger partial charge in [0.2, 0.25) is 0 Å². The van der Waals surface area contributed by atoms with Gasteiger partial charge in [0.25, 0.3) is 5.91 Å². The fourth-order valence-electron chi connectivity index (χ4n) is 5.07. The van der Waals surface area contributed by atoms with Crippen LogP contribution in [0.3, 0.4) is 0 Å². The number of aromatic nitrogens is 1. The van der Waals surface area contributed by atoms with E-state index in [2.05, 4.69) is 15.0 Å². The number of nitrogens with zero attached hydrogens (tertiary/aromatic N) is 4. The minimum absolute atomic E-state index is 0.0396. The molecule has 1 spiro atoms. The number of nitrogens with one attached hydrogen (secondary N) is 1. The standard InChI is InChI=1S/C22H15N5O2/c23-26-25-14-5-6-17-12(7-14)8-18(24-17)21(29)27-11-13-10-22(13)16-4-2-1-3-15(16)19(28)9-20(22)27/h1-9,13,24H,10-11H2/t13-,22-/m1/s1. The summed E-state index contributed by atoms with van der Waals surface area (Å²) in [5.74, 6) is 0.173. The minimum atomic E-state index is -0.194. The molecule has 0 bridgehead atoms. The number of carbonyl (C=O) groups is 2. The average molecular weight is 381 g/mol. The maximum absolute atomic E-state index is 13.3. The van der Waals surface area contributed by atoms with Gasteiger partial charge in [0.05, 0.1) is 0 Å². The topological polar surface area (TPSA) is 102 Å². The third-order valence-electron chi connectivity index (χ3n) is 6.44. The van der Waals surface area contributed by atoms with Crippen molar-refractivity contribution in [3.8, 4) is 0 Å². The van der Waals surface area contributed by atoms with E-state index in [4.69, 9.17) is 5.53 Å². The van der Waals surface area contributed by atoms with Gasteiger partial charge in [-0.05, 0) is 41.6 Å². The van der Waals surface area contributed by atoms with E-state index in [1.165, 1.54) is 0 Å². The summed E-state index contributed by atoms with van der Waals surface area (Å²) in [6, 6.07) is 14.7. The summed E-state index contributed by atoms with van der Waals surface area (Å²) in [5, 5.41) is 4.41. The number of amides is 1. The molecule has 1 aromatic heterocycles. The van der Waals surface area contributed by atoms with Crippen LogP contribution in [0.5, 0.6) is 0 Å². The van der Waals surface area contributed by atoms with Crippen LogP contribution in [0.2, 0.25) is 0 Å². The van der Waals surface area contributed by atoms with Crippen LogP contribution < -0.4 is 0 Å². The van der Waals surface area contributed by atoms with E-state index < -0.39 is 0 Å². The number of piperidine rings is 1. The number of hydrogen-bond acceptors (Lipinski definition) is 3. The molecule has 29 heavy (non-hydrogen) atoms. The van der Waals surface area contributed by atoms with Gasteiger partial charge in [0.15, 0.2) is 5.78 Å². The molecule has 1 saturated heterocycles. The van der Waals surface area contributed by atoms with Crippen LogP contribution in [-0.2, 0) is 5.41 Å². The van der Waals surface area contributed by atoms with Crippen molar-refractivity contribution in [2.75, 3.05) is 6.54 Å². The van der Waals surface area contributed by atoms with Crippen molar-refractivity contribution in [2.45, 2.75) is 11.8 Å². The number of carbonyl (C=O) groups excluding carboxylic acids is 2. The second-order valence-electron chi connectivity index (χ2n) is 7.87. The first-order chi connectivity index (χ1) is 14.1. The molecule has 2 aromatic carbocycles. The highest BCUT2D eigenvalue weighted by Gasteiger charge is 2.67. The number of allylic oxidation sites excluding steroid dienone is 2. The van der Waals surface area contributed by atoms with Gasteiger partial charge in [-0.1, -0.05) is 35.4 Å². The number of hydrogen-bond donors (Lipinski definition) is 1. The maximum atomic E-state index is 13.3. The van der Waals surface area contributed by atoms with Crippen LogP contribution in [0, 0.1) is 5.92 Å². The summed E-state index contributed by atoms with van der Waals surface area (Å²) in [5.41, 5.74) is 12.8. The molecule has 3 aliphatic rings. The lowest BCUT2D eigenvalue weighted by Gasteiger charge is -2.29. The van der Waals surface area contributed by atoms with Crippen molar-refractivity contribution >= 4 is 28.3 Å². The Kier molecular flexibility index (Phi) is 2.99. The molecule has 3 aromatic rings. The van der Waals surface area contributed by atoms with Crippen molar-refractivity contribution < 1.29 is 9.59 Å². The summed E-state index contributed by atoms with van der Waals surface area (Å²) < 4.78 is 0. The summed E-state index contributed by atoms with van der Waals surface area (Å²) in [4.78, 5) is 33.7. The van der Waals surface area contributed by atoms with Crippen molar-refractivity contribution in [1.29, 1.82) is 0 Å². The molecule has 7 heteroatoms. The molecular weight excluding hydrogens is 366 g/mol. The van der Waals surface area contributed by atoms with Gasteiger partial charge in [0.1, 0.15) is 5.69 Å². The zero-order valence-electron chi connectivity index (χ0n) is 15.3. The Labute approximate surface area is 165 Å². The van der Waals surface area contributed by atoms with E-state index in [0.717, 1.165) is 34.1 Å². The smallest absolute Gasteiger partial charge is 0.274 e. The Morgan fingerprint density at radius 1 is 1.24 bits per heavy atom. The molecule has 1 saturated carbocycles. The predicted molar refractivity (Wildman–Crippen MR) is 107 cm³/mol. The molecule has 2 atom stereocenters. The molecule has 6 rings (SSSR count). The lowest BCUT2D eigenvalue weighted by molar-refractivity contribution is 0.0806. The van der Waals surface area contributed by atoms with E-state index in [1.807, 2.05) is 24.3 Å². The number of H-pyrrole nitrogens is 1. The van der Waals surface area contributed by atoms with Crippen LogP contribution in [0.4, 0.5) is 5.69 Å². The van der Waals surface area contributed by atoms with Crippen molar-refractivity contribution in [3.63, 3.8) is 0 Å². The van der Waals surface area contributed by atoms with Crippen LogP contribution in [-0.4, -0.2) is 28.1 Å². The van der Waals surface area contributed by atoms with Gasteiger partial charge < -0.3 is 9.88 Å². The number of likely N-dealkylation sites (tertiary alicyclic amines) is 1. The highest BCUT2D eigenvalue weighted by molar-refractivity contribution is 6.10. The van der Waals surface area contributed by atoms with Crippen LogP contribution in [0.25, 0.3) is 21.3 Å². The number of ketones is 1. The summed E-state index contributed by atoms with van der Waals surface area (Å²) in [6.07, 6.45) is 2.63.